The fraction of sp³-hybridized carbons (Fsp3) is 0.111. The minimum atomic E-state index is -1.19. The van der Waals surface area contributed by atoms with Crippen LogP contribution in [-0.4, -0.2) is 21.4 Å². The Morgan fingerprint density at radius 2 is 2.04 bits per heavy atom. The molecule has 1 N–H and O–H groups in total. The van der Waals surface area contributed by atoms with Crippen molar-refractivity contribution >= 4 is 33.2 Å². The maximum atomic E-state index is 12.9. The van der Waals surface area contributed by atoms with Crippen LogP contribution in [-0.2, 0) is 17.4 Å². The molecular formula is C18H15FN2O3S2. The van der Waals surface area contributed by atoms with Crippen LogP contribution < -0.4 is 10.1 Å². The van der Waals surface area contributed by atoms with E-state index in [-0.39, 0.29) is 18.3 Å². The lowest BCUT2D eigenvalue weighted by Crippen LogP contribution is -2.12. The van der Waals surface area contributed by atoms with Gasteiger partial charge in [-0.05, 0) is 35.9 Å². The summed E-state index contributed by atoms with van der Waals surface area (Å²) in [6, 6.07) is 12.7. The molecule has 5 nitrogen and oxygen atoms in total. The Morgan fingerprint density at radius 3 is 2.73 bits per heavy atom. The number of thiazole rings is 1. The molecule has 0 saturated carbocycles. The first-order valence-corrected chi connectivity index (χ1v) is 10.0. The Hall–Kier alpha value is -2.58. The van der Waals surface area contributed by atoms with E-state index in [0.717, 1.165) is 5.56 Å². The van der Waals surface area contributed by atoms with Gasteiger partial charge >= 0.3 is 0 Å². The number of hydrogen-bond donors (Lipinski definition) is 1. The predicted octanol–water partition coefficient (Wildman–Crippen LogP) is 3.85. The zero-order valence-corrected chi connectivity index (χ0v) is 15.4. The summed E-state index contributed by atoms with van der Waals surface area (Å²) in [6.45, 7) is 0.267. The Kier molecular flexibility index (Phi) is 5.75. The molecule has 0 radical (unpaired) electrons. The average Bonchev–Trinajstić information content (AvgIpc) is 3.10. The summed E-state index contributed by atoms with van der Waals surface area (Å²) in [7, 11) is -1.19. The number of benzene rings is 2. The van der Waals surface area contributed by atoms with Crippen LogP contribution in [0.5, 0.6) is 5.75 Å². The zero-order chi connectivity index (χ0) is 18.5. The molecule has 1 unspecified atom stereocenters. The standard InChI is InChI=1S/C18H15FN2O3S2/c1-26(23)16-11-25-18(20-16)21-17(22)13-3-2-4-15(9-13)24-10-12-5-7-14(19)8-6-12/h2-9,11H,10H2,1H3,(H,20,21,22). The molecule has 1 heterocycles. The van der Waals surface area contributed by atoms with E-state index in [1.807, 2.05) is 0 Å². The monoisotopic (exact) mass is 390 g/mol. The van der Waals surface area contributed by atoms with Gasteiger partial charge in [0.1, 0.15) is 23.2 Å². The summed E-state index contributed by atoms with van der Waals surface area (Å²) in [5, 5.41) is 5.14. The minimum Gasteiger partial charge on any atom is -0.489 e. The van der Waals surface area contributed by atoms with Crippen molar-refractivity contribution in [1.82, 2.24) is 4.98 Å². The molecular weight excluding hydrogens is 375 g/mol. The van der Waals surface area contributed by atoms with E-state index in [2.05, 4.69) is 10.3 Å². The molecule has 0 aliphatic carbocycles. The molecule has 1 atom stereocenters. The zero-order valence-electron chi connectivity index (χ0n) is 13.8. The highest BCUT2D eigenvalue weighted by molar-refractivity contribution is 7.84. The van der Waals surface area contributed by atoms with E-state index in [4.69, 9.17) is 4.74 Å². The van der Waals surface area contributed by atoms with Crippen LogP contribution in [0, 0.1) is 5.82 Å². The molecule has 2 aromatic carbocycles. The van der Waals surface area contributed by atoms with Gasteiger partial charge in [0.05, 0.1) is 10.8 Å². The van der Waals surface area contributed by atoms with Crippen LogP contribution in [0.1, 0.15) is 15.9 Å². The second-order valence-electron chi connectivity index (χ2n) is 5.34. The molecule has 1 aromatic heterocycles. The molecule has 134 valence electrons. The van der Waals surface area contributed by atoms with E-state index in [0.29, 0.717) is 21.5 Å². The van der Waals surface area contributed by atoms with Gasteiger partial charge in [-0.2, -0.15) is 0 Å². The van der Waals surface area contributed by atoms with E-state index in [1.54, 1.807) is 41.8 Å². The number of nitrogens with one attached hydrogen (secondary N) is 1. The molecule has 0 fully saturated rings. The number of nitrogens with zero attached hydrogens (tertiary/aromatic N) is 1. The van der Waals surface area contributed by atoms with Crippen LogP contribution in [0.4, 0.5) is 9.52 Å². The Balaban J connectivity index is 1.64. The second-order valence-corrected chi connectivity index (χ2v) is 7.53. The highest BCUT2D eigenvalue weighted by atomic mass is 32.2. The highest BCUT2D eigenvalue weighted by Gasteiger charge is 2.11. The van der Waals surface area contributed by atoms with Crippen LogP contribution in [0.25, 0.3) is 0 Å². The first kappa shape index (κ1) is 18.2. The van der Waals surface area contributed by atoms with E-state index < -0.39 is 10.8 Å². The first-order valence-electron chi connectivity index (χ1n) is 7.59. The van der Waals surface area contributed by atoms with Crippen LogP contribution in [0.2, 0.25) is 0 Å². The average molecular weight is 390 g/mol. The van der Waals surface area contributed by atoms with Crippen molar-refractivity contribution < 1.29 is 18.1 Å². The van der Waals surface area contributed by atoms with Crippen molar-refractivity contribution in [2.24, 2.45) is 0 Å². The Bertz CT molecular complexity index is 942. The number of ether oxygens (including phenoxy) is 1. The number of carbonyl (C=O) groups is 1. The maximum absolute atomic E-state index is 12.9. The Labute approximate surface area is 156 Å². The summed E-state index contributed by atoms with van der Waals surface area (Å²) in [6.07, 6.45) is 1.53. The van der Waals surface area contributed by atoms with Crippen LogP contribution in [0.3, 0.4) is 0 Å². The third-order valence-electron chi connectivity index (χ3n) is 3.41. The summed E-state index contributed by atoms with van der Waals surface area (Å²) in [5.74, 6) is -0.110. The molecule has 0 saturated heterocycles. The quantitative estimate of drug-likeness (QED) is 0.694. The van der Waals surface area contributed by atoms with Gasteiger partial charge in [0, 0.05) is 17.2 Å². The summed E-state index contributed by atoms with van der Waals surface area (Å²) < 4.78 is 29.9. The third-order valence-corrected chi connectivity index (χ3v) is 5.12. The van der Waals surface area contributed by atoms with Crippen LogP contribution >= 0.6 is 11.3 Å². The lowest BCUT2D eigenvalue weighted by Gasteiger charge is -2.08. The summed E-state index contributed by atoms with van der Waals surface area (Å²) in [5.41, 5.74) is 1.24. The predicted molar refractivity (Wildman–Crippen MR) is 99.6 cm³/mol. The molecule has 8 heteroatoms. The molecule has 3 aromatic rings. The summed E-state index contributed by atoms with van der Waals surface area (Å²) in [4.78, 5) is 16.4. The number of hydrogen-bond acceptors (Lipinski definition) is 5. The largest absolute Gasteiger partial charge is 0.489 e. The van der Waals surface area contributed by atoms with Crippen molar-refractivity contribution in [3.8, 4) is 5.75 Å². The van der Waals surface area contributed by atoms with Crippen molar-refractivity contribution in [2.45, 2.75) is 11.6 Å². The van der Waals surface area contributed by atoms with Crippen molar-refractivity contribution in [2.75, 3.05) is 11.6 Å². The number of aromatic nitrogens is 1. The molecule has 3 rings (SSSR count). The smallest absolute Gasteiger partial charge is 0.257 e. The lowest BCUT2D eigenvalue weighted by molar-refractivity contribution is 0.102. The molecule has 1 amide bonds. The number of halogens is 1. The molecule has 0 bridgehead atoms. The van der Waals surface area contributed by atoms with E-state index in [1.165, 1.54) is 29.7 Å². The molecule has 26 heavy (non-hydrogen) atoms. The molecule has 0 spiro atoms. The fourth-order valence-electron chi connectivity index (χ4n) is 2.09. The maximum Gasteiger partial charge on any atom is 0.257 e. The normalized spacial score (nSPS) is 11.8. The van der Waals surface area contributed by atoms with E-state index >= 15 is 0 Å². The third kappa shape index (κ3) is 4.74. The van der Waals surface area contributed by atoms with Gasteiger partial charge in [-0.25, -0.2) is 9.37 Å². The van der Waals surface area contributed by atoms with Crippen molar-refractivity contribution in [1.29, 1.82) is 0 Å². The topological polar surface area (TPSA) is 68.3 Å². The van der Waals surface area contributed by atoms with Gasteiger partial charge in [0.25, 0.3) is 5.91 Å². The van der Waals surface area contributed by atoms with E-state index in [9.17, 15) is 13.4 Å². The number of anilines is 1. The number of carbonyl (C=O) groups excluding carboxylic acids is 1. The van der Waals surface area contributed by atoms with Crippen molar-refractivity contribution in [3.05, 3.63) is 70.9 Å². The SMILES string of the molecule is CS(=O)c1csc(NC(=O)c2cccc(OCc3ccc(F)cc3)c2)n1. The van der Waals surface area contributed by atoms with Gasteiger partial charge < -0.3 is 4.74 Å². The highest BCUT2D eigenvalue weighted by Crippen LogP contribution is 2.20. The first-order chi connectivity index (χ1) is 12.5. The van der Waals surface area contributed by atoms with Gasteiger partial charge in [-0.15, -0.1) is 11.3 Å². The van der Waals surface area contributed by atoms with Gasteiger partial charge in [-0.1, -0.05) is 18.2 Å². The number of rotatable bonds is 6. The summed E-state index contributed by atoms with van der Waals surface area (Å²) >= 11 is 1.22. The number of amides is 1. The molecule has 0 aliphatic rings. The van der Waals surface area contributed by atoms with Gasteiger partial charge in [0.15, 0.2) is 5.13 Å². The molecule has 0 aliphatic heterocycles. The minimum absolute atomic E-state index is 0.267. The van der Waals surface area contributed by atoms with Crippen LogP contribution in [0.15, 0.2) is 58.9 Å². The van der Waals surface area contributed by atoms with Gasteiger partial charge in [-0.3, -0.25) is 14.3 Å². The Morgan fingerprint density at radius 1 is 1.27 bits per heavy atom. The van der Waals surface area contributed by atoms with Crippen molar-refractivity contribution in [3.63, 3.8) is 0 Å². The lowest BCUT2D eigenvalue weighted by atomic mass is 10.2. The fourth-order valence-corrected chi connectivity index (χ4v) is 3.62. The second kappa shape index (κ2) is 8.20. The van der Waals surface area contributed by atoms with Gasteiger partial charge in [0.2, 0.25) is 0 Å².